The van der Waals surface area contributed by atoms with Crippen molar-refractivity contribution in [2.75, 3.05) is 7.05 Å². The minimum Gasteiger partial charge on any atom is -0.487 e. The van der Waals surface area contributed by atoms with Gasteiger partial charge in [0.1, 0.15) is 18.2 Å². The molecule has 0 fully saturated rings. The molecule has 1 atom stereocenters. The van der Waals surface area contributed by atoms with Crippen molar-refractivity contribution in [1.29, 1.82) is 0 Å². The topological polar surface area (TPSA) is 42.4 Å². The zero-order valence-electron chi connectivity index (χ0n) is 14.6. The molecule has 1 unspecified atom stereocenters. The summed E-state index contributed by atoms with van der Waals surface area (Å²) in [6, 6.07) is 13.1. The highest BCUT2D eigenvalue weighted by atomic mass is 32.1. The van der Waals surface area contributed by atoms with Gasteiger partial charge in [0.25, 0.3) is 5.91 Å². The molecule has 0 saturated carbocycles. The fourth-order valence-corrected chi connectivity index (χ4v) is 3.05. The molecule has 3 rings (SSSR count). The van der Waals surface area contributed by atoms with Crippen molar-refractivity contribution in [3.05, 3.63) is 82.1 Å². The van der Waals surface area contributed by atoms with Gasteiger partial charge >= 0.3 is 0 Å². The SMILES string of the molecule is CC(c1ccc(F)cc1)N(C)C(=O)c1ccc(OCc2cscn2)cc1. The van der Waals surface area contributed by atoms with Crippen LogP contribution in [0.4, 0.5) is 4.39 Å². The number of aromatic nitrogens is 1. The normalized spacial score (nSPS) is 11.8. The second-order valence-corrected chi connectivity index (χ2v) is 6.66. The molecule has 2 aromatic carbocycles. The van der Waals surface area contributed by atoms with Gasteiger partial charge in [-0.05, 0) is 48.9 Å². The summed E-state index contributed by atoms with van der Waals surface area (Å²) in [5, 5.41) is 1.93. The average Bonchev–Trinajstić information content (AvgIpc) is 3.19. The van der Waals surface area contributed by atoms with E-state index in [-0.39, 0.29) is 17.8 Å². The van der Waals surface area contributed by atoms with Gasteiger partial charge in [-0.3, -0.25) is 4.79 Å². The van der Waals surface area contributed by atoms with Crippen molar-refractivity contribution >= 4 is 17.2 Å². The van der Waals surface area contributed by atoms with Crippen molar-refractivity contribution < 1.29 is 13.9 Å². The highest BCUT2D eigenvalue weighted by Gasteiger charge is 2.19. The Hall–Kier alpha value is -2.73. The quantitative estimate of drug-likeness (QED) is 0.632. The Morgan fingerprint density at radius 3 is 2.50 bits per heavy atom. The first kappa shape index (κ1) is 18.1. The van der Waals surface area contributed by atoms with Crippen LogP contribution in [0.2, 0.25) is 0 Å². The molecule has 26 heavy (non-hydrogen) atoms. The molecule has 0 spiro atoms. The lowest BCUT2D eigenvalue weighted by molar-refractivity contribution is 0.0742. The van der Waals surface area contributed by atoms with Crippen LogP contribution in [-0.4, -0.2) is 22.8 Å². The summed E-state index contributed by atoms with van der Waals surface area (Å²) in [5.41, 5.74) is 4.09. The third kappa shape index (κ3) is 4.26. The Bertz CT molecular complexity index is 849. The number of carbonyl (C=O) groups is 1. The molecule has 0 N–H and O–H groups in total. The van der Waals surface area contributed by atoms with Gasteiger partial charge in [0.15, 0.2) is 0 Å². The molecule has 0 bridgehead atoms. The second kappa shape index (κ2) is 8.10. The number of nitrogens with zero attached hydrogens (tertiary/aromatic N) is 2. The molecule has 0 aliphatic carbocycles. The van der Waals surface area contributed by atoms with Gasteiger partial charge in [0, 0.05) is 18.0 Å². The summed E-state index contributed by atoms with van der Waals surface area (Å²) >= 11 is 1.52. The van der Waals surface area contributed by atoms with Crippen LogP contribution in [0.3, 0.4) is 0 Å². The maximum Gasteiger partial charge on any atom is 0.254 e. The number of amides is 1. The molecular formula is C20H19FN2O2S. The number of benzene rings is 2. The molecule has 1 amide bonds. The predicted molar refractivity (Wildman–Crippen MR) is 99.8 cm³/mol. The number of thiazole rings is 1. The van der Waals surface area contributed by atoms with Crippen molar-refractivity contribution in [3.8, 4) is 5.75 Å². The zero-order valence-corrected chi connectivity index (χ0v) is 15.4. The number of hydrogen-bond donors (Lipinski definition) is 0. The van der Waals surface area contributed by atoms with E-state index in [1.165, 1.54) is 23.5 Å². The van der Waals surface area contributed by atoms with Crippen LogP contribution in [0.25, 0.3) is 0 Å². The molecule has 0 radical (unpaired) electrons. The fraction of sp³-hybridized carbons (Fsp3) is 0.200. The van der Waals surface area contributed by atoms with E-state index in [1.807, 2.05) is 12.3 Å². The van der Waals surface area contributed by atoms with E-state index in [0.29, 0.717) is 17.9 Å². The molecule has 1 heterocycles. The van der Waals surface area contributed by atoms with Gasteiger partial charge in [-0.15, -0.1) is 11.3 Å². The van der Waals surface area contributed by atoms with Gasteiger partial charge in [0.2, 0.25) is 0 Å². The number of carbonyl (C=O) groups excluding carboxylic acids is 1. The van der Waals surface area contributed by atoms with E-state index < -0.39 is 0 Å². The number of hydrogen-bond acceptors (Lipinski definition) is 4. The molecule has 6 heteroatoms. The van der Waals surface area contributed by atoms with Crippen LogP contribution in [0.1, 0.15) is 34.6 Å². The van der Waals surface area contributed by atoms with Crippen molar-refractivity contribution in [2.24, 2.45) is 0 Å². The summed E-state index contributed by atoms with van der Waals surface area (Å²) in [6.45, 7) is 2.31. The zero-order chi connectivity index (χ0) is 18.5. The third-order valence-corrected chi connectivity index (χ3v) is 4.86. The van der Waals surface area contributed by atoms with Crippen molar-refractivity contribution in [1.82, 2.24) is 9.88 Å². The van der Waals surface area contributed by atoms with Crippen LogP contribution in [0, 0.1) is 5.82 Å². The van der Waals surface area contributed by atoms with Crippen LogP contribution in [0.5, 0.6) is 5.75 Å². The first-order valence-electron chi connectivity index (χ1n) is 8.17. The van der Waals surface area contributed by atoms with Crippen LogP contribution < -0.4 is 4.74 Å². The van der Waals surface area contributed by atoms with Gasteiger partial charge in [-0.25, -0.2) is 9.37 Å². The lowest BCUT2D eigenvalue weighted by atomic mass is 10.1. The van der Waals surface area contributed by atoms with Crippen molar-refractivity contribution in [2.45, 2.75) is 19.6 Å². The van der Waals surface area contributed by atoms with E-state index >= 15 is 0 Å². The minimum atomic E-state index is -0.289. The average molecular weight is 370 g/mol. The molecule has 134 valence electrons. The monoisotopic (exact) mass is 370 g/mol. The van der Waals surface area contributed by atoms with E-state index in [1.54, 1.807) is 53.9 Å². The summed E-state index contributed by atoms with van der Waals surface area (Å²) in [4.78, 5) is 18.5. The number of ether oxygens (including phenoxy) is 1. The Kier molecular flexibility index (Phi) is 5.63. The summed E-state index contributed by atoms with van der Waals surface area (Å²) in [6.07, 6.45) is 0. The molecule has 0 aliphatic rings. The van der Waals surface area contributed by atoms with E-state index in [0.717, 1.165) is 11.3 Å². The van der Waals surface area contributed by atoms with Gasteiger partial charge in [0.05, 0.1) is 17.2 Å². The Morgan fingerprint density at radius 2 is 1.88 bits per heavy atom. The lowest BCUT2D eigenvalue weighted by Gasteiger charge is -2.25. The maximum atomic E-state index is 13.1. The summed E-state index contributed by atoms with van der Waals surface area (Å²) < 4.78 is 18.7. The Morgan fingerprint density at radius 1 is 1.19 bits per heavy atom. The van der Waals surface area contributed by atoms with Crippen LogP contribution >= 0.6 is 11.3 Å². The molecule has 3 aromatic rings. The molecule has 4 nitrogen and oxygen atoms in total. The number of halogens is 1. The molecule has 0 aliphatic heterocycles. The highest BCUT2D eigenvalue weighted by Crippen LogP contribution is 2.22. The van der Waals surface area contributed by atoms with Gasteiger partial charge in [-0.2, -0.15) is 0 Å². The van der Waals surface area contributed by atoms with Crippen molar-refractivity contribution in [3.63, 3.8) is 0 Å². The molecule has 1 aromatic heterocycles. The highest BCUT2D eigenvalue weighted by molar-refractivity contribution is 7.07. The third-order valence-electron chi connectivity index (χ3n) is 4.23. The Balaban J connectivity index is 1.63. The maximum absolute atomic E-state index is 13.1. The summed E-state index contributed by atoms with van der Waals surface area (Å²) in [5.74, 6) is 0.292. The standard InChI is InChI=1S/C20H19FN2O2S/c1-14(15-3-7-17(21)8-4-15)23(2)20(24)16-5-9-19(10-6-16)25-11-18-12-26-13-22-18/h3-10,12-14H,11H2,1-2H3. The smallest absolute Gasteiger partial charge is 0.254 e. The lowest BCUT2D eigenvalue weighted by Crippen LogP contribution is -2.29. The van der Waals surface area contributed by atoms with E-state index in [4.69, 9.17) is 4.74 Å². The van der Waals surface area contributed by atoms with Crippen LogP contribution in [0.15, 0.2) is 59.4 Å². The first-order valence-corrected chi connectivity index (χ1v) is 9.11. The molecule has 0 saturated heterocycles. The predicted octanol–water partition coefficient (Wildman–Crippen LogP) is 4.69. The fourth-order valence-electron chi connectivity index (χ4n) is 2.50. The summed E-state index contributed by atoms with van der Waals surface area (Å²) in [7, 11) is 1.74. The first-order chi connectivity index (χ1) is 12.5. The molecular weight excluding hydrogens is 351 g/mol. The minimum absolute atomic E-state index is 0.104. The van der Waals surface area contributed by atoms with Gasteiger partial charge < -0.3 is 9.64 Å². The van der Waals surface area contributed by atoms with E-state index in [2.05, 4.69) is 4.98 Å². The number of rotatable bonds is 6. The van der Waals surface area contributed by atoms with Gasteiger partial charge in [-0.1, -0.05) is 12.1 Å². The Labute approximate surface area is 155 Å². The largest absolute Gasteiger partial charge is 0.487 e. The van der Waals surface area contributed by atoms with E-state index in [9.17, 15) is 9.18 Å². The van der Waals surface area contributed by atoms with Crippen LogP contribution in [-0.2, 0) is 6.61 Å². The second-order valence-electron chi connectivity index (χ2n) is 5.94.